The third-order valence-electron chi connectivity index (χ3n) is 2.88. The van der Waals surface area contributed by atoms with Crippen molar-refractivity contribution in [2.24, 2.45) is 0 Å². The van der Waals surface area contributed by atoms with Gasteiger partial charge in [-0.15, -0.1) is 0 Å². The number of ether oxygens (including phenoxy) is 1. The van der Waals surface area contributed by atoms with Gasteiger partial charge in [0, 0.05) is 15.6 Å². The van der Waals surface area contributed by atoms with Crippen LogP contribution in [0.5, 0.6) is 5.75 Å². The molecule has 96 valence electrons. The predicted octanol–water partition coefficient (Wildman–Crippen LogP) is 3.67. The molecule has 0 saturated heterocycles. The minimum absolute atomic E-state index is 0.0508. The molecule has 2 rings (SSSR count). The molecule has 0 saturated carbocycles. The van der Waals surface area contributed by atoms with E-state index in [2.05, 4.69) is 27.3 Å². The van der Waals surface area contributed by atoms with Crippen molar-refractivity contribution in [3.63, 3.8) is 0 Å². The standard InChI is InChI=1S/C14H16BrNO2/c1-9-6-10(8-18-9)14(16-2)12-7-11(15)4-5-13(12)17-3/h4-8,14,16H,1-3H3. The molecule has 0 amide bonds. The number of rotatable bonds is 4. The van der Waals surface area contributed by atoms with Crippen molar-refractivity contribution < 1.29 is 9.15 Å². The second-order valence-corrected chi connectivity index (χ2v) is 5.01. The maximum atomic E-state index is 5.42. The number of benzene rings is 1. The summed E-state index contributed by atoms with van der Waals surface area (Å²) in [4.78, 5) is 0. The molecule has 1 N–H and O–H groups in total. The van der Waals surface area contributed by atoms with Crippen LogP contribution in [0.25, 0.3) is 0 Å². The van der Waals surface area contributed by atoms with Crippen LogP contribution in [0, 0.1) is 6.92 Å². The zero-order valence-electron chi connectivity index (χ0n) is 10.7. The summed E-state index contributed by atoms with van der Waals surface area (Å²) in [6.45, 7) is 1.94. The van der Waals surface area contributed by atoms with Gasteiger partial charge in [-0.25, -0.2) is 0 Å². The van der Waals surface area contributed by atoms with Gasteiger partial charge in [-0.3, -0.25) is 0 Å². The molecule has 1 unspecified atom stereocenters. The number of methoxy groups -OCH3 is 1. The van der Waals surface area contributed by atoms with Gasteiger partial charge in [-0.2, -0.15) is 0 Å². The molecule has 0 spiro atoms. The Morgan fingerprint density at radius 2 is 2.11 bits per heavy atom. The lowest BCUT2D eigenvalue weighted by atomic mass is 10.00. The number of hydrogen-bond donors (Lipinski definition) is 1. The first-order valence-electron chi connectivity index (χ1n) is 5.71. The van der Waals surface area contributed by atoms with Crippen LogP contribution in [0.1, 0.15) is 22.9 Å². The number of aryl methyl sites for hydroxylation is 1. The number of halogens is 1. The van der Waals surface area contributed by atoms with Crippen LogP contribution in [-0.2, 0) is 0 Å². The highest BCUT2D eigenvalue weighted by Crippen LogP contribution is 2.32. The van der Waals surface area contributed by atoms with E-state index in [4.69, 9.17) is 9.15 Å². The van der Waals surface area contributed by atoms with Crippen LogP contribution >= 0.6 is 15.9 Å². The molecule has 1 heterocycles. The summed E-state index contributed by atoms with van der Waals surface area (Å²) in [5.74, 6) is 1.76. The van der Waals surface area contributed by atoms with Crippen molar-refractivity contribution in [1.82, 2.24) is 5.32 Å². The third-order valence-corrected chi connectivity index (χ3v) is 3.37. The number of furan rings is 1. The molecule has 4 heteroatoms. The highest BCUT2D eigenvalue weighted by molar-refractivity contribution is 9.10. The van der Waals surface area contributed by atoms with Gasteiger partial charge in [0.15, 0.2) is 0 Å². The van der Waals surface area contributed by atoms with Crippen LogP contribution in [0.3, 0.4) is 0 Å². The van der Waals surface area contributed by atoms with Crippen molar-refractivity contribution in [3.05, 3.63) is 51.9 Å². The molecule has 0 aliphatic heterocycles. The maximum Gasteiger partial charge on any atom is 0.124 e. The Kier molecular flexibility index (Phi) is 4.09. The van der Waals surface area contributed by atoms with Crippen molar-refractivity contribution in [3.8, 4) is 5.75 Å². The molecule has 0 bridgehead atoms. The first-order chi connectivity index (χ1) is 8.65. The lowest BCUT2D eigenvalue weighted by molar-refractivity contribution is 0.405. The molecule has 1 aromatic carbocycles. The lowest BCUT2D eigenvalue weighted by Crippen LogP contribution is -2.17. The monoisotopic (exact) mass is 309 g/mol. The SMILES string of the molecule is CNC(c1coc(C)c1)c1cc(Br)ccc1OC. The van der Waals surface area contributed by atoms with Crippen molar-refractivity contribution in [2.75, 3.05) is 14.2 Å². The summed E-state index contributed by atoms with van der Waals surface area (Å²) in [5, 5.41) is 3.29. The molecule has 1 atom stereocenters. The van der Waals surface area contributed by atoms with E-state index in [0.717, 1.165) is 27.1 Å². The molecular weight excluding hydrogens is 294 g/mol. The first-order valence-corrected chi connectivity index (χ1v) is 6.50. The zero-order chi connectivity index (χ0) is 13.1. The second kappa shape index (κ2) is 5.59. The fraction of sp³-hybridized carbons (Fsp3) is 0.286. The molecule has 3 nitrogen and oxygen atoms in total. The van der Waals surface area contributed by atoms with E-state index >= 15 is 0 Å². The van der Waals surface area contributed by atoms with Gasteiger partial charge >= 0.3 is 0 Å². The maximum absolute atomic E-state index is 5.42. The third kappa shape index (κ3) is 2.60. The van der Waals surface area contributed by atoms with Gasteiger partial charge in [0.2, 0.25) is 0 Å². The summed E-state index contributed by atoms with van der Waals surface area (Å²) >= 11 is 3.49. The van der Waals surface area contributed by atoms with Gasteiger partial charge < -0.3 is 14.5 Å². The zero-order valence-corrected chi connectivity index (χ0v) is 12.2. The molecule has 0 aliphatic rings. The van der Waals surface area contributed by atoms with Gasteiger partial charge in [-0.1, -0.05) is 15.9 Å². The van der Waals surface area contributed by atoms with Gasteiger partial charge in [0.1, 0.15) is 11.5 Å². The Hall–Kier alpha value is -1.26. The highest BCUT2D eigenvalue weighted by Gasteiger charge is 2.18. The Morgan fingerprint density at radius 3 is 2.67 bits per heavy atom. The summed E-state index contributed by atoms with van der Waals surface area (Å²) in [6.07, 6.45) is 1.77. The Bertz CT molecular complexity index is 536. The second-order valence-electron chi connectivity index (χ2n) is 4.10. The molecule has 2 aromatic rings. The first kappa shape index (κ1) is 13.2. The normalized spacial score (nSPS) is 12.4. The van der Waals surface area contributed by atoms with E-state index in [0.29, 0.717) is 0 Å². The molecule has 0 aliphatic carbocycles. The average molecular weight is 310 g/mol. The van der Waals surface area contributed by atoms with E-state index in [1.807, 2.05) is 32.2 Å². The van der Waals surface area contributed by atoms with Crippen LogP contribution < -0.4 is 10.1 Å². The fourth-order valence-electron chi connectivity index (χ4n) is 2.05. The Balaban J connectivity index is 2.47. The van der Waals surface area contributed by atoms with E-state index in [1.165, 1.54) is 0 Å². The molecule has 18 heavy (non-hydrogen) atoms. The van der Waals surface area contributed by atoms with Crippen LogP contribution in [-0.4, -0.2) is 14.2 Å². The largest absolute Gasteiger partial charge is 0.496 e. The average Bonchev–Trinajstić information content (AvgIpc) is 2.77. The van der Waals surface area contributed by atoms with Gasteiger partial charge in [-0.05, 0) is 38.2 Å². The predicted molar refractivity (Wildman–Crippen MR) is 75.0 cm³/mol. The van der Waals surface area contributed by atoms with E-state index in [9.17, 15) is 0 Å². The lowest BCUT2D eigenvalue weighted by Gasteiger charge is -2.18. The van der Waals surface area contributed by atoms with Gasteiger partial charge in [0.05, 0.1) is 19.4 Å². The van der Waals surface area contributed by atoms with Crippen LogP contribution in [0.15, 0.2) is 39.4 Å². The smallest absolute Gasteiger partial charge is 0.124 e. The molecular formula is C14H16BrNO2. The van der Waals surface area contributed by atoms with Crippen LogP contribution in [0.4, 0.5) is 0 Å². The summed E-state index contributed by atoms with van der Waals surface area (Å²) in [5.41, 5.74) is 2.17. The molecule has 0 fully saturated rings. The minimum atomic E-state index is 0.0508. The number of hydrogen-bond acceptors (Lipinski definition) is 3. The minimum Gasteiger partial charge on any atom is -0.496 e. The van der Waals surface area contributed by atoms with E-state index in [1.54, 1.807) is 13.4 Å². The highest BCUT2D eigenvalue weighted by atomic mass is 79.9. The van der Waals surface area contributed by atoms with Crippen molar-refractivity contribution >= 4 is 15.9 Å². The van der Waals surface area contributed by atoms with Crippen molar-refractivity contribution in [2.45, 2.75) is 13.0 Å². The summed E-state index contributed by atoms with van der Waals surface area (Å²) < 4.78 is 11.8. The molecule has 1 aromatic heterocycles. The van der Waals surface area contributed by atoms with Crippen LogP contribution in [0.2, 0.25) is 0 Å². The van der Waals surface area contributed by atoms with E-state index < -0.39 is 0 Å². The Labute approximate surface area is 115 Å². The fourth-order valence-corrected chi connectivity index (χ4v) is 2.43. The van der Waals surface area contributed by atoms with Gasteiger partial charge in [0.25, 0.3) is 0 Å². The Morgan fingerprint density at radius 1 is 1.33 bits per heavy atom. The molecule has 0 radical (unpaired) electrons. The summed E-state index contributed by atoms with van der Waals surface area (Å²) in [7, 11) is 3.60. The van der Waals surface area contributed by atoms with Crippen molar-refractivity contribution in [1.29, 1.82) is 0 Å². The quantitative estimate of drug-likeness (QED) is 0.935. The van der Waals surface area contributed by atoms with E-state index in [-0.39, 0.29) is 6.04 Å². The summed E-state index contributed by atoms with van der Waals surface area (Å²) in [6, 6.07) is 8.06. The number of nitrogens with one attached hydrogen (secondary N) is 1. The topological polar surface area (TPSA) is 34.4 Å².